The number of nitrogens with one attached hydrogen (secondary N) is 1. The Hall–Kier alpha value is -2.06. The second-order valence-electron chi connectivity index (χ2n) is 7.31. The summed E-state index contributed by atoms with van der Waals surface area (Å²) in [4.78, 5) is 12.8. The zero-order valence-electron chi connectivity index (χ0n) is 16.9. The van der Waals surface area contributed by atoms with Crippen LogP contribution in [0.3, 0.4) is 0 Å². The standard InChI is InChI=1S/C22H24Cl2N2O4S/c1-2-11-30-20-7-3-6-19(13-20)25-22(27)16-5-4-10-26(14-16)31(28,29)15-17-8-9-18(23)12-21(17)24/h2-3,6-9,12-13,16H,1,4-5,10-11,14-15H2,(H,25,27)/t16-/m0/s1. The number of benzene rings is 2. The summed E-state index contributed by atoms with van der Waals surface area (Å²) in [5, 5.41) is 3.61. The summed E-state index contributed by atoms with van der Waals surface area (Å²) >= 11 is 12.0. The number of hydrogen-bond donors (Lipinski definition) is 1. The van der Waals surface area contributed by atoms with Crippen molar-refractivity contribution in [2.75, 3.05) is 25.0 Å². The van der Waals surface area contributed by atoms with E-state index in [4.69, 9.17) is 27.9 Å². The van der Waals surface area contributed by atoms with Crippen LogP contribution in [-0.4, -0.2) is 38.3 Å². The lowest BCUT2D eigenvalue weighted by molar-refractivity contribution is -0.120. The number of carbonyl (C=O) groups excluding carboxylic acids is 1. The molecule has 0 aromatic heterocycles. The van der Waals surface area contributed by atoms with Crippen molar-refractivity contribution in [2.24, 2.45) is 5.92 Å². The van der Waals surface area contributed by atoms with E-state index in [-0.39, 0.29) is 18.2 Å². The number of hydrogen-bond acceptors (Lipinski definition) is 4. The van der Waals surface area contributed by atoms with E-state index in [2.05, 4.69) is 11.9 Å². The second kappa shape index (κ2) is 10.5. The van der Waals surface area contributed by atoms with E-state index < -0.39 is 15.9 Å². The van der Waals surface area contributed by atoms with Crippen molar-refractivity contribution >= 4 is 44.8 Å². The number of amides is 1. The molecule has 6 nitrogen and oxygen atoms in total. The molecule has 0 spiro atoms. The number of carbonyl (C=O) groups is 1. The molecule has 1 fully saturated rings. The number of nitrogens with zero attached hydrogens (tertiary/aromatic N) is 1. The van der Waals surface area contributed by atoms with E-state index in [0.29, 0.717) is 53.0 Å². The van der Waals surface area contributed by atoms with Gasteiger partial charge in [-0.15, -0.1) is 0 Å². The summed E-state index contributed by atoms with van der Waals surface area (Å²) in [5.74, 6) is -0.280. The second-order valence-corrected chi connectivity index (χ2v) is 10.1. The highest BCUT2D eigenvalue weighted by molar-refractivity contribution is 7.88. The lowest BCUT2D eigenvalue weighted by atomic mass is 9.98. The van der Waals surface area contributed by atoms with Gasteiger partial charge < -0.3 is 10.1 Å². The van der Waals surface area contributed by atoms with Crippen LogP contribution >= 0.6 is 23.2 Å². The Morgan fingerprint density at radius 3 is 2.81 bits per heavy atom. The molecule has 3 rings (SSSR count). The normalized spacial score (nSPS) is 17.2. The van der Waals surface area contributed by atoms with Gasteiger partial charge in [0.2, 0.25) is 15.9 Å². The average molecular weight is 483 g/mol. The molecule has 1 heterocycles. The molecular weight excluding hydrogens is 459 g/mol. The zero-order valence-corrected chi connectivity index (χ0v) is 19.2. The van der Waals surface area contributed by atoms with Crippen LogP contribution in [0.4, 0.5) is 5.69 Å². The van der Waals surface area contributed by atoms with E-state index in [0.717, 1.165) is 0 Å². The predicted molar refractivity (Wildman–Crippen MR) is 124 cm³/mol. The van der Waals surface area contributed by atoms with Gasteiger partial charge in [0.05, 0.1) is 11.7 Å². The van der Waals surface area contributed by atoms with Gasteiger partial charge in [-0.05, 0) is 42.7 Å². The minimum atomic E-state index is -3.63. The lowest BCUT2D eigenvalue weighted by Gasteiger charge is -2.31. The minimum Gasteiger partial charge on any atom is -0.489 e. The quantitative estimate of drug-likeness (QED) is 0.551. The van der Waals surface area contributed by atoms with E-state index in [1.807, 2.05) is 0 Å². The molecule has 31 heavy (non-hydrogen) atoms. The van der Waals surface area contributed by atoms with E-state index >= 15 is 0 Å². The highest BCUT2D eigenvalue weighted by atomic mass is 35.5. The third-order valence-electron chi connectivity index (χ3n) is 4.97. The van der Waals surface area contributed by atoms with Crippen molar-refractivity contribution in [3.8, 4) is 5.75 Å². The summed E-state index contributed by atoms with van der Waals surface area (Å²) in [6, 6.07) is 11.8. The number of piperidine rings is 1. The molecular formula is C22H24Cl2N2O4S. The van der Waals surface area contributed by atoms with E-state index in [9.17, 15) is 13.2 Å². The van der Waals surface area contributed by atoms with Gasteiger partial charge >= 0.3 is 0 Å². The fourth-order valence-corrected chi connectivity index (χ4v) is 5.59. The number of ether oxygens (including phenoxy) is 1. The number of sulfonamides is 1. The van der Waals surface area contributed by atoms with Crippen molar-refractivity contribution in [2.45, 2.75) is 18.6 Å². The molecule has 1 aliphatic heterocycles. The first-order chi connectivity index (χ1) is 14.8. The van der Waals surface area contributed by atoms with Gasteiger partial charge in [0.15, 0.2) is 0 Å². The summed E-state index contributed by atoms with van der Waals surface area (Å²) < 4.78 is 32.7. The Balaban J connectivity index is 1.65. The van der Waals surface area contributed by atoms with Crippen LogP contribution < -0.4 is 10.1 Å². The largest absolute Gasteiger partial charge is 0.489 e. The number of halogens is 2. The molecule has 0 aliphatic carbocycles. The highest BCUT2D eigenvalue weighted by Gasteiger charge is 2.32. The average Bonchev–Trinajstić information content (AvgIpc) is 2.74. The van der Waals surface area contributed by atoms with Crippen LogP contribution in [0.1, 0.15) is 18.4 Å². The van der Waals surface area contributed by atoms with Gasteiger partial charge in [-0.3, -0.25) is 4.79 Å². The molecule has 9 heteroatoms. The molecule has 1 amide bonds. The zero-order chi connectivity index (χ0) is 22.4. The molecule has 1 atom stereocenters. The monoisotopic (exact) mass is 482 g/mol. The van der Waals surface area contributed by atoms with Crippen LogP contribution in [0.2, 0.25) is 10.0 Å². The first-order valence-electron chi connectivity index (χ1n) is 9.85. The maximum Gasteiger partial charge on any atom is 0.228 e. The van der Waals surface area contributed by atoms with Gasteiger partial charge in [-0.1, -0.05) is 48.0 Å². The van der Waals surface area contributed by atoms with Crippen molar-refractivity contribution in [1.29, 1.82) is 0 Å². The van der Waals surface area contributed by atoms with Gasteiger partial charge in [0.1, 0.15) is 12.4 Å². The predicted octanol–water partition coefficient (Wildman–Crippen LogP) is 4.74. The minimum absolute atomic E-state index is 0.131. The Morgan fingerprint density at radius 2 is 2.06 bits per heavy atom. The Morgan fingerprint density at radius 1 is 1.26 bits per heavy atom. The summed E-state index contributed by atoms with van der Waals surface area (Å²) in [5.41, 5.74) is 1.08. The number of anilines is 1. The molecule has 1 saturated heterocycles. The van der Waals surface area contributed by atoms with E-state index in [1.54, 1.807) is 42.5 Å². The Kier molecular flexibility index (Phi) is 8.00. The first-order valence-corrected chi connectivity index (χ1v) is 12.2. The molecule has 0 saturated carbocycles. The smallest absolute Gasteiger partial charge is 0.228 e. The molecule has 1 N–H and O–H groups in total. The lowest BCUT2D eigenvalue weighted by Crippen LogP contribution is -2.44. The SMILES string of the molecule is C=CCOc1cccc(NC(=O)[C@H]2CCCN(S(=O)(=O)Cc3ccc(Cl)cc3Cl)C2)c1. The highest BCUT2D eigenvalue weighted by Crippen LogP contribution is 2.27. The van der Waals surface area contributed by atoms with Crippen molar-refractivity contribution < 1.29 is 17.9 Å². The van der Waals surface area contributed by atoms with Crippen molar-refractivity contribution in [1.82, 2.24) is 4.31 Å². The fraction of sp³-hybridized carbons (Fsp3) is 0.318. The Bertz CT molecular complexity index is 1060. The molecule has 2 aromatic carbocycles. The van der Waals surface area contributed by atoms with E-state index in [1.165, 1.54) is 10.4 Å². The molecule has 2 aromatic rings. The maximum absolute atomic E-state index is 12.9. The summed E-state index contributed by atoms with van der Waals surface area (Å²) in [6.07, 6.45) is 2.86. The van der Waals surface area contributed by atoms with Gasteiger partial charge in [0, 0.05) is 34.9 Å². The molecule has 0 radical (unpaired) electrons. The van der Waals surface area contributed by atoms with Crippen LogP contribution in [0.5, 0.6) is 5.75 Å². The van der Waals surface area contributed by atoms with Gasteiger partial charge in [-0.2, -0.15) is 0 Å². The molecule has 0 unspecified atom stereocenters. The summed E-state index contributed by atoms with van der Waals surface area (Å²) in [7, 11) is -3.63. The number of rotatable bonds is 8. The molecule has 1 aliphatic rings. The first kappa shape index (κ1) is 23.6. The van der Waals surface area contributed by atoms with Crippen LogP contribution in [0, 0.1) is 5.92 Å². The van der Waals surface area contributed by atoms with Crippen LogP contribution in [0.15, 0.2) is 55.1 Å². The van der Waals surface area contributed by atoms with Gasteiger partial charge in [0.25, 0.3) is 0 Å². The van der Waals surface area contributed by atoms with Crippen LogP contribution in [0.25, 0.3) is 0 Å². The van der Waals surface area contributed by atoms with Gasteiger partial charge in [-0.25, -0.2) is 12.7 Å². The van der Waals surface area contributed by atoms with Crippen LogP contribution in [-0.2, 0) is 20.6 Å². The van der Waals surface area contributed by atoms with Crippen molar-refractivity contribution in [3.63, 3.8) is 0 Å². The topological polar surface area (TPSA) is 75.7 Å². The third-order valence-corrected chi connectivity index (χ3v) is 7.35. The molecule has 0 bridgehead atoms. The molecule has 166 valence electrons. The maximum atomic E-state index is 12.9. The Labute approximate surface area is 192 Å². The summed E-state index contributed by atoms with van der Waals surface area (Å²) in [6.45, 7) is 4.48. The van der Waals surface area contributed by atoms with Crippen molar-refractivity contribution in [3.05, 3.63) is 70.7 Å². The fourth-order valence-electron chi connectivity index (χ4n) is 3.40. The third kappa shape index (κ3) is 6.46.